The Bertz CT molecular complexity index is 760. The highest BCUT2D eigenvalue weighted by Gasteiger charge is 2.51. The zero-order valence-corrected chi connectivity index (χ0v) is 22.1. The molecule has 13 nitrogen and oxygen atoms in total. The maximum atomic E-state index is 11.5. The van der Waals surface area contributed by atoms with E-state index in [0.29, 0.717) is 6.42 Å². The van der Waals surface area contributed by atoms with Gasteiger partial charge < -0.3 is 61.3 Å². The van der Waals surface area contributed by atoms with Crippen LogP contribution < -0.4 is 16.8 Å². The summed E-state index contributed by atoms with van der Waals surface area (Å²) in [5.74, 6) is -0.437. The molecule has 0 aromatic heterocycles. The van der Waals surface area contributed by atoms with Crippen molar-refractivity contribution < 1.29 is 44.5 Å². The molecule has 37 heavy (non-hydrogen) atoms. The molecular weight excluding hydrogens is 488 g/mol. The molecule has 0 amide bonds. The Morgan fingerprint density at radius 2 is 1.86 bits per heavy atom. The summed E-state index contributed by atoms with van der Waals surface area (Å²) in [6, 6.07) is -1.86. The molecule has 2 aliphatic heterocycles. The molecule has 1 aliphatic carbocycles. The molecule has 7 unspecified atom stereocenters. The number of hydrogen-bond acceptors (Lipinski definition) is 12. The van der Waals surface area contributed by atoms with Crippen LogP contribution in [0.1, 0.15) is 46.5 Å². The SMILES string of the molecule is CC[C@@H]1CCC(N)[C@@H](OC2C(O)C(O[C@H]3OCC(C)(O)[C@H](NC)C3O)[C@H](N=C(N)C(O)CO)C[C@@H]2C)O1. The maximum Gasteiger partial charge on any atom is 0.185 e. The lowest BCUT2D eigenvalue weighted by Crippen LogP contribution is -2.67. The van der Waals surface area contributed by atoms with E-state index in [0.717, 1.165) is 19.3 Å². The van der Waals surface area contributed by atoms with E-state index < -0.39 is 67.4 Å². The number of likely N-dealkylation sites (N-methyl/N-ethyl adjacent to an activating group) is 1. The highest BCUT2D eigenvalue weighted by molar-refractivity contribution is 5.84. The topological polar surface area (TPSA) is 214 Å². The Morgan fingerprint density at radius 1 is 1.19 bits per heavy atom. The number of aliphatic hydroxyl groups excluding tert-OH is 4. The van der Waals surface area contributed by atoms with Crippen molar-refractivity contribution in [1.82, 2.24) is 5.32 Å². The molecule has 0 spiro atoms. The van der Waals surface area contributed by atoms with Crippen molar-refractivity contribution in [3.05, 3.63) is 0 Å². The smallest absolute Gasteiger partial charge is 0.185 e. The maximum absolute atomic E-state index is 11.5. The monoisotopic (exact) mass is 534 g/mol. The van der Waals surface area contributed by atoms with Crippen LogP contribution >= 0.6 is 0 Å². The highest BCUT2D eigenvalue weighted by Crippen LogP contribution is 2.36. The number of ether oxygens (including phenoxy) is 4. The molecule has 13 atom stereocenters. The van der Waals surface area contributed by atoms with Crippen LogP contribution in [-0.2, 0) is 18.9 Å². The summed E-state index contributed by atoms with van der Waals surface area (Å²) < 4.78 is 24.0. The van der Waals surface area contributed by atoms with Gasteiger partial charge in [0, 0.05) is 0 Å². The Labute approximate surface area is 218 Å². The number of amidine groups is 1. The lowest BCUT2D eigenvalue weighted by molar-refractivity contribution is -0.309. The summed E-state index contributed by atoms with van der Waals surface area (Å²) in [5, 5.41) is 55.1. The van der Waals surface area contributed by atoms with Gasteiger partial charge in [-0.15, -0.1) is 0 Å². The van der Waals surface area contributed by atoms with E-state index >= 15 is 0 Å². The number of aliphatic imine (C=N–C) groups is 1. The van der Waals surface area contributed by atoms with Gasteiger partial charge in [0.05, 0.1) is 43.5 Å². The number of nitrogens with zero attached hydrogens (tertiary/aromatic N) is 1. The highest BCUT2D eigenvalue weighted by atomic mass is 16.7. The van der Waals surface area contributed by atoms with Crippen LogP contribution in [0, 0.1) is 5.92 Å². The summed E-state index contributed by atoms with van der Waals surface area (Å²) in [6.07, 6.45) is -4.86. The zero-order chi connectivity index (χ0) is 27.5. The molecule has 0 radical (unpaired) electrons. The van der Waals surface area contributed by atoms with E-state index in [1.54, 1.807) is 7.05 Å². The summed E-state index contributed by atoms with van der Waals surface area (Å²) >= 11 is 0. The second-order valence-electron chi connectivity index (χ2n) is 10.8. The van der Waals surface area contributed by atoms with Gasteiger partial charge in [0.1, 0.15) is 35.9 Å². The molecule has 0 aromatic rings. The number of rotatable bonds is 9. The predicted octanol–water partition coefficient (Wildman–Crippen LogP) is -2.46. The first-order valence-corrected chi connectivity index (χ1v) is 13.1. The lowest BCUT2D eigenvalue weighted by atomic mass is 9.80. The molecule has 0 aromatic carbocycles. The summed E-state index contributed by atoms with van der Waals surface area (Å²) in [7, 11) is 1.60. The number of nitrogens with two attached hydrogens (primary N) is 2. The summed E-state index contributed by atoms with van der Waals surface area (Å²) in [5.41, 5.74) is 10.8. The summed E-state index contributed by atoms with van der Waals surface area (Å²) in [4.78, 5) is 4.35. The fourth-order valence-corrected chi connectivity index (χ4v) is 5.47. The van der Waals surface area contributed by atoms with Crippen LogP contribution in [0.4, 0.5) is 0 Å². The van der Waals surface area contributed by atoms with Gasteiger partial charge in [0.15, 0.2) is 12.6 Å². The van der Waals surface area contributed by atoms with Crippen LogP contribution in [-0.4, -0.2) is 125 Å². The molecule has 1 saturated carbocycles. The minimum atomic E-state index is -1.37. The number of nitrogens with one attached hydrogen (secondary N) is 1. The molecule has 3 fully saturated rings. The third-order valence-electron chi connectivity index (χ3n) is 7.73. The number of hydrogen-bond donors (Lipinski definition) is 8. The van der Waals surface area contributed by atoms with E-state index in [1.165, 1.54) is 6.92 Å². The molecule has 216 valence electrons. The molecule has 13 heteroatoms. The van der Waals surface area contributed by atoms with Crippen LogP contribution in [0.15, 0.2) is 4.99 Å². The minimum Gasteiger partial charge on any atom is -0.393 e. The van der Waals surface area contributed by atoms with E-state index in [-0.39, 0.29) is 30.5 Å². The molecule has 2 heterocycles. The van der Waals surface area contributed by atoms with Gasteiger partial charge in [0.2, 0.25) is 0 Å². The van der Waals surface area contributed by atoms with E-state index in [2.05, 4.69) is 10.3 Å². The van der Waals surface area contributed by atoms with E-state index in [9.17, 15) is 25.5 Å². The molecule has 0 bridgehead atoms. The van der Waals surface area contributed by atoms with Crippen molar-refractivity contribution in [3.63, 3.8) is 0 Å². The summed E-state index contributed by atoms with van der Waals surface area (Å²) in [6.45, 7) is 4.71. The van der Waals surface area contributed by atoms with Gasteiger partial charge in [-0.25, -0.2) is 0 Å². The van der Waals surface area contributed by atoms with Crippen molar-refractivity contribution in [3.8, 4) is 0 Å². The Hall–Kier alpha value is -0.970. The Morgan fingerprint density at radius 3 is 2.49 bits per heavy atom. The lowest BCUT2D eigenvalue weighted by Gasteiger charge is -2.48. The third kappa shape index (κ3) is 6.97. The molecular formula is C24H46N4O9. The first-order chi connectivity index (χ1) is 17.4. The van der Waals surface area contributed by atoms with Crippen LogP contribution in [0.2, 0.25) is 0 Å². The Balaban J connectivity index is 1.85. The van der Waals surface area contributed by atoms with Crippen molar-refractivity contribution in [2.24, 2.45) is 22.4 Å². The Kier molecular flexibility index (Phi) is 10.7. The average Bonchev–Trinajstić information content (AvgIpc) is 2.85. The molecule has 2 saturated heterocycles. The zero-order valence-electron chi connectivity index (χ0n) is 22.1. The van der Waals surface area contributed by atoms with E-state index in [4.69, 9.17) is 30.4 Å². The fourth-order valence-electron chi connectivity index (χ4n) is 5.47. The van der Waals surface area contributed by atoms with Crippen LogP contribution in [0.5, 0.6) is 0 Å². The fraction of sp³-hybridized carbons (Fsp3) is 0.958. The first-order valence-electron chi connectivity index (χ1n) is 13.1. The van der Waals surface area contributed by atoms with E-state index in [1.807, 2.05) is 13.8 Å². The minimum absolute atomic E-state index is 0.0158. The average molecular weight is 535 g/mol. The first kappa shape index (κ1) is 30.6. The van der Waals surface area contributed by atoms with Gasteiger partial charge in [0.25, 0.3) is 0 Å². The number of aliphatic hydroxyl groups is 5. The van der Waals surface area contributed by atoms with Crippen LogP contribution in [0.25, 0.3) is 0 Å². The second kappa shape index (κ2) is 12.9. The standard InChI is InChI=1S/C24H46N4O9/c1-5-12-6-7-13(25)22(35-12)36-18-11(2)8-14(28-21(26)15(30)9-29)19(16(18)31)37-23-17(32)20(27-4)24(3,33)10-34-23/h11-20,22-23,27,29-33H,5-10,25H2,1-4H3,(H2,26,28)/t11-,12+,13?,14+,15?,16?,17?,18?,19?,20+,22+,23+,24?/m0/s1. The van der Waals surface area contributed by atoms with Crippen molar-refractivity contribution in [1.29, 1.82) is 0 Å². The van der Waals surface area contributed by atoms with Gasteiger partial charge >= 0.3 is 0 Å². The van der Waals surface area contributed by atoms with Crippen molar-refractivity contribution in [2.45, 2.75) is 119 Å². The van der Waals surface area contributed by atoms with Gasteiger partial charge in [-0.05, 0) is 45.6 Å². The molecule has 3 rings (SSSR count). The largest absolute Gasteiger partial charge is 0.393 e. The van der Waals surface area contributed by atoms with Crippen molar-refractivity contribution >= 4 is 5.84 Å². The molecule has 3 aliphatic rings. The van der Waals surface area contributed by atoms with Gasteiger partial charge in [-0.2, -0.15) is 0 Å². The van der Waals surface area contributed by atoms with Gasteiger partial charge in [-0.3, -0.25) is 4.99 Å². The quantitative estimate of drug-likeness (QED) is 0.114. The molecule has 10 N–H and O–H groups in total. The van der Waals surface area contributed by atoms with Gasteiger partial charge in [-0.1, -0.05) is 13.8 Å². The normalized spacial score (nSPS) is 46.5. The predicted molar refractivity (Wildman–Crippen MR) is 133 cm³/mol. The van der Waals surface area contributed by atoms with Crippen LogP contribution in [0.3, 0.4) is 0 Å². The second-order valence-corrected chi connectivity index (χ2v) is 10.8. The van der Waals surface area contributed by atoms with Crippen molar-refractivity contribution in [2.75, 3.05) is 20.3 Å². The third-order valence-corrected chi connectivity index (χ3v) is 7.73.